The number of carbonyl (C=O) groups is 1. The molecule has 1 aliphatic heterocycles. The molecule has 2 N–H and O–H groups in total. The Morgan fingerprint density at radius 3 is 3.00 bits per heavy atom. The van der Waals surface area contributed by atoms with E-state index in [2.05, 4.69) is 10.6 Å². The first-order valence-electron chi connectivity index (χ1n) is 6.33. The summed E-state index contributed by atoms with van der Waals surface area (Å²) in [5.74, 6) is -0.592. The average molecular weight is 261 g/mol. The predicted molar refractivity (Wildman–Crippen MR) is 70.0 cm³/mol. The van der Waals surface area contributed by atoms with E-state index in [9.17, 15) is 9.18 Å². The highest BCUT2D eigenvalue weighted by molar-refractivity contribution is 5.96. The molecule has 0 aliphatic carbocycles. The second-order valence-corrected chi connectivity index (χ2v) is 4.82. The van der Waals surface area contributed by atoms with Gasteiger partial charge in [0, 0.05) is 6.54 Å². The van der Waals surface area contributed by atoms with Crippen LogP contribution in [0.3, 0.4) is 0 Å². The molecule has 1 heterocycles. The van der Waals surface area contributed by atoms with Crippen LogP contribution >= 0.6 is 0 Å². The maximum atomic E-state index is 13.0. The first-order chi connectivity index (χ1) is 9.11. The van der Waals surface area contributed by atoms with Crippen LogP contribution < -0.4 is 10.6 Å². The number of amides is 1. The van der Waals surface area contributed by atoms with Gasteiger partial charge in [-0.1, -0.05) is 6.92 Å². The standard InChI is InChI=1S/C14H16FN3O/c1-2-14(5-6-17-9-14)13(19)18-12-4-3-11(15)7-10(12)8-16/h3-4,7,17H,2,5-6,9H2,1H3,(H,18,19). The van der Waals surface area contributed by atoms with E-state index in [-0.39, 0.29) is 11.5 Å². The van der Waals surface area contributed by atoms with Crippen LogP contribution in [0.4, 0.5) is 10.1 Å². The molecule has 0 aromatic heterocycles. The van der Waals surface area contributed by atoms with Crippen molar-refractivity contribution in [3.63, 3.8) is 0 Å². The minimum absolute atomic E-state index is 0.108. The lowest BCUT2D eigenvalue weighted by atomic mass is 9.83. The maximum absolute atomic E-state index is 13.0. The fourth-order valence-electron chi connectivity index (χ4n) is 2.37. The molecule has 1 atom stereocenters. The summed E-state index contributed by atoms with van der Waals surface area (Å²) in [4.78, 5) is 12.4. The number of hydrogen-bond acceptors (Lipinski definition) is 3. The van der Waals surface area contributed by atoms with Crippen LogP contribution in [0.25, 0.3) is 0 Å². The van der Waals surface area contributed by atoms with Gasteiger partial charge < -0.3 is 10.6 Å². The average Bonchev–Trinajstić information content (AvgIpc) is 2.90. The third-order valence-electron chi connectivity index (χ3n) is 3.75. The van der Waals surface area contributed by atoms with E-state index in [4.69, 9.17) is 5.26 Å². The Labute approximate surface area is 111 Å². The molecule has 1 aliphatic rings. The number of nitrogens with one attached hydrogen (secondary N) is 2. The van der Waals surface area contributed by atoms with E-state index in [1.807, 2.05) is 13.0 Å². The summed E-state index contributed by atoms with van der Waals surface area (Å²) in [7, 11) is 0. The quantitative estimate of drug-likeness (QED) is 0.875. The first kappa shape index (κ1) is 13.5. The van der Waals surface area contributed by atoms with Gasteiger partial charge in [-0.2, -0.15) is 5.26 Å². The molecule has 19 heavy (non-hydrogen) atoms. The zero-order chi connectivity index (χ0) is 13.9. The molecule has 0 bridgehead atoms. The van der Waals surface area contributed by atoms with Gasteiger partial charge in [-0.05, 0) is 37.6 Å². The van der Waals surface area contributed by atoms with Crippen molar-refractivity contribution in [1.82, 2.24) is 5.32 Å². The van der Waals surface area contributed by atoms with Crippen LogP contribution in [0, 0.1) is 22.6 Å². The zero-order valence-electron chi connectivity index (χ0n) is 10.8. The SMILES string of the molecule is CCC1(C(=O)Nc2ccc(F)cc2C#N)CCNC1. The van der Waals surface area contributed by atoms with Crippen LogP contribution in [0.5, 0.6) is 0 Å². The second-order valence-electron chi connectivity index (χ2n) is 4.82. The Hall–Kier alpha value is -1.93. The van der Waals surface area contributed by atoms with Crippen molar-refractivity contribution in [2.75, 3.05) is 18.4 Å². The summed E-state index contributed by atoms with van der Waals surface area (Å²) in [6.07, 6.45) is 1.51. The highest BCUT2D eigenvalue weighted by atomic mass is 19.1. The van der Waals surface area contributed by atoms with Gasteiger partial charge in [0.15, 0.2) is 0 Å². The van der Waals surface area contributed by atoms with Crippen LogP contribution in [0.15, 0.2) is 18.2 Å². The monoisotopic (exact) mass is 261 g/mol. The molecule has 100 valence electrons. The third kappa shape index (κ3) is 2.59. The lowest BCUT2D eigenvalue weighted by molar-refractivity contribution is -0.124. The fourth-order valence-corrected chi connectivity index (χ4v) is 2.37. The van der Waals surface area contributed by atoms with Crippen molar-refractivity contribution >= 4 is 11.6 Å². The zero-order valence-corrected chi connectivity index (χ0v) is 10.8. The van der Waals surface area contributed by atoms with Crippen molar-refractivity contribution in [2.45, 2.75) is 19.8 Å². The lowest BCUT2D eigenvalue weighted by Crippen LogP contribution is -2.37. The van der Waals surface area contributed by atoms with Crippen molar-refractivity contribution in [1.29, 1.82) is 5.26 Å². The number of nitrogens with zero attached hydrogens (tertiary/aromatic N) is 1. The van der Waals surface area contributed by atoms with Gasteiger partial charge in [0.2, 0.25) is 5.91 Å². The summed E-state index contributed by atoms with van der Waals surface area (Å²) < 4.78 is 13.0. The number of anilines is 1. The molecular formula is C14H16FN3O. The molecule has 0 radical (unpaired) electrons. The number of rotatable bonds is 3. The van der Waals surface area contributed by atoms with Crippen LogP contribution in [-0.4, -0.2) is 19.0 Å². The van der Waals surface area contributed by atoms with Gasteiger partial charge in [-0.3, -0.25) is 4.79 Å². The molecule has 2 rings (SSSR count). The van der Waals surface area contributed by atoms with E-state index in [0.717, 1.165) is 25.5 Å². The molecule has 0 spiro atoms. The predicted octanol–water partition coefficient (Wildman–Crippen LogP) is 2.03. The molecule has 0 saturated carbocycles. The van der Waals surface area contributed by atoms with Gasteiger partial charge in [0.1, 0.15) is 11.9 Å². The molecule has 4 nitrogen and oxygen atoms in total. The van der Waals surface area contributed by atoms with Gasteiger partial charge in [-0.15, -0.1) is 0 Å². The lowest BCUT2D eigenvalue weighted by Gasteiger charge is -2.25. The number of halogens is 1. The Balaban J connectivity index is 2.22. The van der Waals surface area contributed by atoms with Crippen LogP contribution in [0.1, 0.15) is 25.3 Å². The Morgan fingerprint density at radius 2 is 2.42 bits per heavy atom. The maximum Gasteiger partial charge on any atom is 0.231 e. The summed E-state index contributed by atoms with van der Waals surface area (Å²) in [5, 5.41) is 14.9. The Kier molecular flexibility index (Phi) is 3.82. The summed E-state index contributed by atoms with van der Waals surface area (Å²) in [5.41, 5.74) is 0.0837. The number of nitriles is 1. The molecule has 5 heteroatoms. The number of carbonyl (C=O) groups excluding carboxylic acids is 1. The molecule has 1 unspecified atom stereocenters. The molecule has 1 amide bonds. The second kappa shape index (κ2) is 5.37. The van der Waals surface area contributed by atoms with Crippen LogP contribution in [-0.2, 0) is 4.79 Å². The number of hydrogen-bond donors (Lipinski definition) is 2. The van der Waals surface area contributed by atoms with Gasteiger partial charge in [0.05, 0.1) is 16.7 Å². The van der Waals surface area contributed by atoms with Crippen LogP contribution in [0.2, 0.25) is 0 Å². The van der Waals surface area contributed by atoms with Crippen molar-refractivity contribution < 1.29 is 9.18 Å². The van der Waals surface area contributed by atoms with E-state index in [0.29, 0.717) is 12.2 Å². The summed E-state index contributed by atoms with van der Waals surface area (Å²) in [6, 6.07) is 5.68. The first-order valence-corrected chi connectivity index (χ1v) is 6.33. The summed E-state index contributed by atoms with van der Waals surface area (Å²) in [6.45, 7) is 3.43. The third-order valence-corrected chi connectivity index (χ3v) is 3.75. The molecule has 1 aromatic rings. The highest BCUT2D eigenvalue weighted by Gasteiger charge is 2.39. The van der Waals surface area contributed by atoms with E-state index >= 15 is 0 Å². The molecule has 1 saturated heterocycles. The smallest absolute Gasteiger partial charge is 0.231 e. The molecule has 1 aromatic carbocycles. The molecular weight excluding hydrogens is 245 g/mol. The van der Waals surface area contributed by atoms with Crippen molar-refractivity contribution in [3.05, 3.63) is 29.6 Å². The van der Waals surface area contributed by atoms with E-state index in [1.165, 1.54) is 12.1 Å². The van der Waals surface area contributed by atoms with E-state index in [1.54, 1.807) is 0 Å². The van der Waals surface area contributed by atoms with Gasteiger partial charge >= 0.3 is 0 Å². The minimum atomic E-state index is -0.484. The number of benzene rings is 1. The van der Waals surface area contributed by atoms with Crippen molar-refractivity contribution in [2.24, 2.45) is 5.41 Å². The van der Waals surface area contributed by atoms with Gasteiger partial charge in [0.25, 0.3) is 0 Å². The molecule has 1 fully saturated rings. The van der Waals surface area contributed by atoms with Crippen molar-refractivity contribution in [3.8, 4) is 6.07 Å². The topological polar surface area (TPSA) is 64.9 Å². The Morgan fingerprint density at radius 1 is 1.63 bits per heavy atom. The van der Waals surface area contributed by atoms with E-state index < -0.39 is 11.2 Å². The fraction of sp³-hybridized carbons (Fsp3) is 0.429. The van der Waals surface area contributed by atoms with Gasteiger partial charge in [-0.25, -0.2) is 4.39 Å². The Bertz CT molecular complexity index is 530. The normalized spacial score (nSPS) is 21.9. The summed E-state index contributed by atoms with van der Waals surface area (Å²) >= 11 is 0. The highest BCUT2D eigenvalue weighted by Crippen LogP contribution is 2.31. The minimum Gasteiger partial charge on any atom is -0.324 e. The largest absolute Gasteiger partial charge is 0.324 e.